The van der Waals surface area contributed by atoms with E-state index in [1.807, 2.05) is 13.8 Å². The second kappa shape index (κ2) is 2.89. The Hall–Kier alpha value is -0.0800. The highest BCUT2D eigenvalue weighted by atomic mass is 16.5. The molecule has 1 aliphatic rings. The first-order chi connectivity index (χ1) is 4.68. The fraction of sp³-hybridized carbons (Fsp3) is 1.00. The normalized spacial score (nSPS) is 21.6. The molecule has 0 spiro atoms. The Bertz CT molecular complexity index is 106. The quantitative estimate of drug-likeness (QED) is 0.642. The van der Waals surface area contributed by atoms with Crippen LogP contribution in [0.15, 0.2) is 0 Å². The summed E-state index contributed by atoms with van der Waals surface area (Å²) in [6, 6.07) is 0. The number of rotatable bonds is 4. The van der Waals surface area contributed by atoms with Gasteiger partial charge in [-0.05, 0) is 26.7 Å². The third kappa shape index (κ3) is 1.96. The van der Waals surface area contributed by atoms with E-state index in [0.29, 0.717) is 12.7 Å². The van der Waals surface area contributed by atoms with Crippen molar-refractivity contribution in [3.05, 3.63) is 0 Å². The van der Waals surface area contributed by atoms with E-state index in [9.17, 15) is 0 Å². The van der Waals surface area contributed by atoms with Gasteiger partial charge >= 0.3 is 0 Å². The minimum Gasteiger partial charge on any atom is -0.396 e. The van der Waals surface area contributed by atoms with Crippen molar-refractivity contribution in [1.82, 2.24) is 0 Å². The van der Waals surface area contributed by atoms with Gasteiger partial charge in [-0.3, -0.25) is 0 Å². The summed E-state index contributed by atoms with van der Waals surface area (Å²) in [6.45, 7) is 5.07. The van der Waals surface area contributed by atoms with Crippen LogP contribution in [0.1, 0.15) is 26.7 Å². The van der Waals surface area contributed by atoms with Gasteiger partial charge in [0.15, 0.2) is 0 Å². The van der Waals surface area contributed by atoms with Crippen LogP contribution < -0.4 is 0 Å². The summed E-state index contributed by atoms with van der Waals surface area (Å²) in [7, 11) is 0. The molecule has 0 aromatic heterocycles. The molecule has 0 heterocycles. The lowest BCUT2D eigenvalue weighted by Gasteiger charge is -2.13. The van der Waals surface area contributed by atoms with E-state index < -0.39 is 0 Å². The standard InChI is InChI=1S/C8H16O2/c1-7(2)10-6-8(5-9)3-4-8/h7,9H,3-6H2,1-2H3. The minimum absolute atomic E-state index is 0.157. The highest BCUT2D eigenvalue weighted by Crippen LogP contribution is 2.45. The zero-order valence-corrected chi connectivity index (χ0v) is 6.76. The fourth-order valence-corrected chi connectivity index (χ4v) is 0.868. The maximum Gasteiger partial charge on any atom is 0.0547 e. The van der Waals surface area contributed by atoms with E-state index in [0.717, 1.165) is 19.4 Å². The van der Waals surface area contributed by atoms with Gasteiger partial charge in [-0.2, -0.15) is 0 Å². The lowest BCUT2D eigenvalue weighted by Crippen LogP contribution is -2.17. The first kappa shape index (κ1) is 8.02. The lowest BCUT2D eigenvalue weighted by molar-refractivity contribution is 0.0243. The predicted octanol–water partition coefficient (Wildman–Crippen LogP) is 1.18. The molecule has 2 nitrogen and oxygen atoms in total. The Morgan fingerprint density at radius 3 is 2.40 bits per heavy atom. The number of aliphatic hydroxyl groups excluding tert-OH is 1. The van der Waals surface area contributed by atoms with Crippen molar-refractivity contribution in [2.45, 2.75) is 32.8 Å². The third-order valence-corrected chi connectivity index (χ3v) is 2.02. The molecule has 2 heteroatoms. The van der Waals surface area contributed by atoms with E-state index in [1.165, 1.54) is 0 Å². The SMILES string of the molecule is CC(C)OCC1(CO)CC1. The molecule has 1 fully saturated rings. The monoisotopic (exact) mass is 144 g/mol. The summed E-state index contributed by atoms with van der Waals surface area (Å²) >= 11 is 0. The van der Waals surface area contributed by atoms with Gasteiger partial charge in [0.05, 0.1) is 19.3 Å². The number of hydrogen-bond donors (Lipinski definition) is 1. The Morgan fingerprint density at radius 2 is 2.10 bits per heavy atom. The van der Waals surface area contributed by atoms with Gasteiger partial charge < -0.3 is 9.84 Å². The molecule has 0 aromatic carbocycles. The van der Waals surface area contributed by atoms with Crippen molar-refractivity contribution in [1.29, 1.82) is 0 Å². The van der Waals surface area contributed by atoms with Gasteiger partial charge in [0.2, 0.25) is 0 Å². The molecular weight excluding hydrogens is 128 g/mol. The van der Waals surface area contributed by atoms with Crippen LogP contribution in [0.3, 0.4) is 0 Å². The second-order valence-corrected chi connectivity index (χ2v) is 3.52. The Balaban J connectivity index is 2.13. The Morgan fingerprint density at radius 1 is 1.50 bits per heavy atom. The van der Waals surface area contributed by atoms with Crippen LogP contribution in [0.4, 0.5) is 0 Å². The molecule has 0 atom stereocenters. The summed E-state index contributed by atoms with van der Waals surface area (Å²) < 4.78 is 5.40. The smallest absolute Gasteiger partial charge is 0.0547 e. The van der Waals surface area contributed by atoms with Gasteiger partial charge in [-0.1, -0.05) is 0 Å². The van der Waals surface area contributed by atoms with Gasteiger partial charge in [0, 0.05) is 5.41 Å². The fourth-order valence-electron chi connectivity index (χ4n) is 0.868. The molecule has 1 aliphatic carbocycles. The van der Waals surface area contributed by atoms with Gasteiger partial charge in [-0.15, -0.1) is 0 Å². The average molecular weight is 144 g/mol. The highest BCUT2D eigenvalue weighted by Gasteiger charge is 2.42. The van der Waals surface area contributed by atoms with E-state index in [2.05, 4.69) is 0 Å². The summed E-state index contributed by atoms with van der Waals surface area (Å²) in [4.78, 5) is 0. The molecule has 0 bridgehead atoms. The first-order valence-corrected chi connectivity index (χ1v) is 3.91. The molecule has 0 unspecified atom stereocenters. The number of ether oxygens (including phenoxy) is 1. The Kier molecular flexibility index (Phi) is 2.32. The van der Waals surface area contributed by atoms with Crippen molar-refractivity contribution in [3.8, 4) is 0 Å². The van der Waals surface area contributed by atoms with Crippen LogP contribution in [0.2, 0.25) is 0 Å². The van der Waals surface area contributed by atoms with Crippen molar-refractivity contribution >= 4 is 0 Å². The second-order valence-electron chi connectivity index (χ2n) is 3.52. The van der Waals surface area contributed by atoms with Gasteiger partial charge in [0.25, 0.3) is 0 Å². The summed E-state index contributed by atoms with van der Waals surface area (Å²) in [6.07, 6.45) is 2.57. The highest BCUT2D eigenvalue weighted by molar-refractivity contribution is 4.92. The largest absolute Gasteiger partial charge is 0.396 e. The molecule has 0 saturated heterocycles. The molecule has 1 rings (SSSR count). The molecule has 0 aliphatic heterocycles. The Labute approximate surface area is 62.2 Å². The van der Waals surface area contributed by atoms with Gasteiger partial charge in [-0.25, -0.2) is 0 Å². The van der Waals surface area contributed by atoms with E-state index in [-0.39, 0.29) is 5.41 Å². The number of aliphatic hydroxyl groups is 1. The van der Waals surface area contributed by atoms with Gasteiger partial charge in [0.1, 0.15) is 0 Å². The van der Waals surface area contributed by atoms with E-state index in [1.54, 1.807) is 0 Å². The first-order valence-electron chi connectivity index (χ1n) is 3.91. The summed E-state index contributed by atoms with van der Waals surface area (Å²) in [5, 5.41) is 8.89. The average Bonchev–Trinajstić information content (AvgIpc) is 2.64. The van der Waals surface area contributed by atoms with Crippen LogP contribution in [0.5, 0.6) is 0 Å². The van der Waals surface area contributed by atoms with Crippen LogP contribution in [0, 0.1) is 5.41 Å². The molecular formula is C8H16O2. The third-order valence-electron chi connectivity index (χ3n) is 2.02. The zero-order chi connectivity index (χ0) is 7.61. The lowest BCUT2D eigenvalue weighted by atomic mass is 10.1. The molecule has 0 amide bonds. The van der Waals surface area contributed by atoms with Crippen LogP contribution in [0.25, 0.3) is 0 Å². The zero-order valence-electron chi connectivity index (χ0n) is 6.76. The minimum atomic E-state index is 0.157. The van der Waals surface area contributed by atoms with Crippen LogP contribution in [-0.2, 0) is 4.74 Å². The summed E-state index contributed by atoms with van der Waals surface area (Å²) in [5.41, 5.74) is 0.157. The number of hydrogen-bond acceptors (Lipinski definition) is 2. The van der Waals surface area contributed by atoms with E-state index in [4.69, 9.17) is 9.84 Å². The van der Waals surface area contributed by atoms with Crippen LogP contribution >= 0.6 is 0 Å². The molecule has 60 valence electrons. The van der Waals surface area contributed by atoms with Crippen LogP contribution in [-0.4, -0.2) is 24.4 Å². The molecule has 1 saturated carbocycles. The van der Waals surface area contributed by atoms with Crippen molar-refractivity contribution in [3.63, 3.8) is 0 Å². The van der Waals surface area contributed by atoms with Crippen molar-refractivity contribution in [2.24, 2.45) is 5.41 Å². The molecule has 0 aromatic rings. The molecule has 1 N–H and O–H groups in total. The maximum absolute atomic E-state index is 8.89. The van der Waals surface area contributed by atoms with Crippen molar-refractivity contribution in [2.75, 3.05) is 13.2 Å². The van der Waals surface area contributed by atoms with E-state index >= 15 is 0 Å². The maximum atomic E-state index is 8.89. The predicted molar refractivity (Wildman–Crippen MR) is 39.8 cm³/mol. The molecule has 0 radical (unpaired) electrons. The van der Waals surface area contributed by atoms with Crippen molar-refractivity contribution < 1.29 is 9.84 Å². The topological polar surface area (TPSA) is 29.5 Å². The molecule has 10 heavy (non-hydrogen) atoms. The summed E-state index contributed by atoms with van der Waals surface area (Å²) in [5.74, 6) is 0.